The highest BCUT2D eigenvalue weighted by Crippen LogP contribution is 2.45. The van der Waals surface area contributed by atoms with Crippen LogP contribution in [0.3, 0.4) is 0 Å². The van der Waals surface area contributed by atoms with Crippen LogP contribution < -0.4 is 5.32 Å². The van der Waals surface area contributed by atoms with Gasteiger partial charge < -0.3 is 0 Å². The zero-order valence-corrected chi connectivity index (χ0v) is 9.89. The average Bonchev–Trinajstić information content (AvgIpc) is 3.02. The van der Waals surface area contributed by atoms with Gasteiger partial charge >= 0.3 is 0 Å². The van der Waals surface area contributed by atoms with Gasteiger partial charge in [0, 0.05) is 11.8 Å². The molecule has 0 spiro atoms. The lowest BCUT2D eigenvalue weighted by Crippen LogP contribution is -2.22. The fourth-order valence-corrected chi connectivity index (χ4v) is 3.59. The SMILES string of the molecule is CC1CSC(c2ccccc2C2CC2)N1. The van der Waals surface area contributed by atoms with Crippen molar-refractivity contribution in [2.45, 2.75) is 37.1 Å². The highest BCUT2D eigenvalue weighted by Gasteiger charge is 2.30. The Balaban J connectivity index is 1.89. The van der Waals surface area contributed by atoms with E-state index in [1.807, 2.05) is 0 Å². The van der Waals surface area contributed by atoms with E-state index < -0.39 is 0 Å². The third kappa shape index (κ3) is 1.93. The molecule has 1 saturated carbocycles. The summed E-state index contributed by atoms with van der Waals surface area (Å²) in [5.41, 5.74) is 3.13. The summed E-state index contributed by atoms with van der Waals surface area (Å²) in [6.07, 6.45) is 2.79. The van der Waals surface area contributed by atoms with E-state index in [4.69, 9.17) is 0 Å². The molecule has 3 rings (SSSR count). The molecule has 0 aromatic heterocycles. The summed E-state index contributed by atoms with van der Waals surface area (Å²) < 4.78 is 0. The van der Waals surface area contributed by atoms with Gasteiger partial charge in [0.2, 0.25) is 0 Å². The molecular formula is C13H17NS. The van der Waals surface area contributed by atoms with Crippen molar-refractivity contribution in [3.05, 3.63) is 35.4 Å². The van der Waals surface area contributed by atoms with Crippen LogP contribution in [0.2, 0.25) is 0 Å². The molecule has 2 fully saturated rings. The van der Waals surface area contributed by atoms with E-state index in [1.165, 1.54) is 24.2 Å². The van der Waals surface area contributed by atoms with Gasteiger partial charge in [-0.1, -0.05) is 24.3 Å². The van der Waals surface area contributed by atoms with Crippen molar-refractivity contribution in [1.29, 1.82) is 0 Å². The first-order valence-electron chi connectivity index (χ1n) is 5.81. The summed E-state index contributed by atoms with van der Waals surface area (Å²) in [7, 11) is 0. The maximum atomic E-state index is 3.66. The highest BCUT2D eigenvalue weighted by molar-refractivity contribution is 7.99. The maximum absolute atomic E-state index is 3.66. The van der Waals surface area contributed by atoms with E-state index in [9.17, 15) is 0 Å². The van der Waals surface area contributed by atoms with Gasteiger partial charge in [0.25, 0.3) is 0 Å². The molecule has 1 nitrogen and oxygen atoms in total. The van der Waals surface area contributed by atoms with Gasteiger partial charge in [-0.15, -0.1) is 11.8 Å². The molecule has 15 heavy (non-hydrogen) atoms. The molecule has 2 heteroatoms. The predicted molar refractivity (Wildman–Crippen MR) is 66.2 cm³/mol. The molecule has 0 radical (unpaired) electrons. The van der Waals surface area contributed by atoms with Crippen LogP contribution in [0.1, 0.15) is 42.2 Å². The van der Waals surface area contributed by atoms with Crippen LogP contribution >= 0.6 is 11.8 Å². The second kappa shape index (κ2) is 3.84. The van der Waals surface area contributed by atoms with Gasteiger partial charge in [-0.25, -0.2) is 0 Å². The van der Waals surface area contributed by atoms with Crippen LogP contribution in [0, 0.1) is 0 Å². The summed E-state index contributed by atoms with van der Waals surface area (Å²) in [4.78, 5) is 0. The average molecular weight is 219 g/mol. The quantitative estimate of drug-likeness (QED) is 0.819. The van der Waals surface area contributed by atoms with Crippen molar-refractivity contribution in [3.63, 3.8) is 0 Å². The standard InChI is InChI=1S/C13H17NS/c1-9-8-15-13(14-9)12-5-3-2-4-11(12)10-6-7-10/h2-5,9-10,13-14H,6-8H2,1H3. The van der Waals surface area contributed by atoms with Crippen LogP contribution in [0.25, 0.3) is 0 Å². The van der Waals surface area contributed by atoms with Gasteiger partial charge in [0.1, 0.15) is 0 Å². The molecule has 1 aliphatic carbocycles. The van der Waals surface area contributed by atoms with Crippen molar-refractivity contribution < 1.29 is 0 Å². The van der Waals surface area contributed by atoms with E-state index in [0.717, 1.165) is 5.92 Å². The number of hydrogen-bond acceptors (Lipinski definition) is 2. The number of benzene rings is 1. The molecule has 0 bridgehead atoms. The molecule has 1 aromatic rings. The number of thioether (sulfide) groups is 1. The van der Waals surface area contributed by atoms with Gasteiger partial charge in [-0.2, -0.15) is 0 Å². The van der Waals surface area contributed by atoms with Crippen LogP contribution in [0.15, 0.2) is 24.3 Å². The van der Waals surface area contributed by atoms with Crippen LogP contribution in [-0.2, 0) is 0 Å². The van der Waals surface area contributed by atoms with Gasteiger partial charge in [0.05, 0.1) is 5.37 Å². The van der Waals surface area contributed by atoms with E-state index in [-0.39, 0.29) is 0 Å². The minimum atomic E-state index is 0.539. The zero-order valence-electron chi connectivity index (χ0n) is 9.07. The largest absolute Gasteiger partial charge is 0.298 e. The predicted octanol–water partition coefficient (Wildman–Crippen LogP) is 3.29. The molecule has 0 amide bonds. The molecule has 1 heterocycles. The smallest absolute Gasteiger partial charge is 0.0795 e. The highest BCUT2D eigenvalue weighted by atomic mass is 32.2. The normalized spacial score (nSPS) is 30.7. The van der Waals surface area contributed by atoms with Crippen molar-refractivity contribution in [3.8, 4) is 0 Å². The van der Waals surface area contributed by atoms with Gasteiger partial charge in [-0.3, -0.25) is 5.32 Å². The van der Waals surface area contributed by atoms with E-state index in [0.29, 0.717) is 11.4 Å². The Labute approximate surface area is 95.6 Å². The molecule has 1 saturated heterocycles. The third-order valence-corrected chi connectivity index (χ3v) is 4.66. The van der Waals surface area contributed by atoms with Crippen LogP contribution in [0.4, 0.5) is 0 Å². The van der Waals surface area contributed by atoms with Crippen LogP contribution in [0.5, 0.6) is 0 Å². The van der Waals surface area contributed by atoms with Crippen molar-refractivity contribution >= 4 is 11.8 Å². The topological polar surface area (TPSA) is 12.0 Å². The monoisotopic (exact) mass is 219 g/mol. The van der Waals surface area contributed by atoms with Gasteiger partial charge in [0.15, 0.2) is 0 Å². The van der Waals surface area contributed by atoms with Crippen LogP contribution in [-0.4, -0.2) is 11.8 Å². The Morgan fingerprint density at radius 3 is 2.53 bits per heavy atom. The number of nitrogens with one attached hydrogen (secondary N) is 1. The Kier molecular flexibility index (Phi) is 2.49. The van der Waals surface area contributed by atoms with Crippen molar-refractivity contribution in [2.24, 2.45) is 0 Å². The second-order valence-corrected chi connectivity index (χ2v) is 5.82. The molecule has 2 atom stereocenters. The summed E-state index contributed by atoms with van der Waals surface area (Å²) >= 11 is 2.05. The zero-order chi connectivity index (χ0) is 10.3. The maximum Gasteiger partial charge on any atom is 0.0795 e. The van der Waals surface area contributed by atoms with E-state index in [2.05, 4.69) is 48.3 Å². The van der Waals surface area contributed by atoms with Gasteiger partial charge in [-0.05, 0) is 36.8 Å². The second-order valence-electron chi connectivity index (χ2n) is 4.68. The first-order chi connectivity index (χ1) is 7.34. The van der Waals surface area contributed by atoms with Crippen molar-refractivity contribution in [2.75, 3.05) is 5.75 Å². The fourth-order valence-electron chi connectivity index (χ4n) is 2.29. The summed E-state index contributed by atoms with van der Waals surface area (Å²) in [6, 6.07) is 9.63. The molecule has 2 aliphatic rings. The Morgan fingerprint density at radius 1 is 1.20 bits per heavy atom. The summed E-state index contributed by atoms with van der Waals surface area (Å²) in [6.45, 7) is 2.27. The molecule has 1 aliphatic heterocycles. The lowest BCUT2D eigenvalue weighted by Gasteiger charge is -2.15. The van der Waals surface area contributed by atoms with Crippen molar-refractivity contribution in [1.82, 2.24) is 5.32 Å². The lowest BCUT2D eigenvalue weighted by molar-refractivity contribution is 0.615. The lowest BCUT2D eigenvalue weighted by atomic mass is 10.0. The Morgan fingerprint density at radius 2 is 1.93 bits per heavy atom. The Bertz CT molecular complexity index is 359. The summed E-state index contributed by atoms with van der Waals surface area (Å²) in [5.74, 6) is 2.10. The third-order valence-electron chi connectivity index (χ3n) is 3.24. The molecule has 80 valence electrons. The summed E-state index contributed by atoms with van der Waals surface area (Å²) in [5, 5.41) is 4.19. The molecular weight excluding hydrogens is 202 g/mol. The Hall–Kier alpha value is -0.470. The molecule has 2 unspecified atom stereocenters. The minimum absolute atomic E-state index is 0.539. The molecule has 1 N–H and O–H groups in total. The van der Waals surface area contributed by atoms with E-state index >= 15 is 0 Å². The first kappa shape index (κ1) is 9.73. The van der Waals surface area contributed by atoms with E-state index in [1.54, 1.807) is 5.56 Å². The molecule has 1 aromatic carbocycles. The number of rotatable bonds is 2. The number of hydrogen-bond donors (Lipinski definition) is 1. The first-order valence-corrected chi connectivity index (χ1v) is 6.86. The fraction of sp³-hybridized carbons (Fsp3) is 0.538. The minimum Gasteiger partial charge on any atom is -0.298 e.